The van der Waals surface area contributed by atoms with E-state index in [1.807, 2.05) is 0 Å². The Bertz CT molecular complexity index is 262. The van der Waals surface area contributed by atoms with E-state index < -0.39 is 20.9 Å². The van der Waals surface area contributed by atoms with Crippen molar-refractivity contribution in [1.29, 1.82) is 0 Å². The van der Waals surface area contributed by atoms with Crippen molar-refractivity contribution in [1.82, 2.24) is 4.90 Å². The van der Waals surface area contributed by atoms with Gasteiger partial charge in [-0.1, -0.05) is 0 Å². The summed E-state index contributed by atoms with van der Waals surface area (Å²) in [6.45, 7) is 0.828. The largest absolute Gasteiger partial charge is 0.304 e. The summed E-state index contributed by atoms with van der Waals surface area (Å²) in [5.74, 6) is 0.238. The minimum absolute atomic E-state index is 0.260. The van der Waals surface area contributed by atoms with Crippen molar-refractivity contribution in [2.45, 2.75) is 0 Å². The van der Waals surface area contributed by atoms with Crippen molar-refractivity contribution >= 4 is 20.9 Å². The summed E-state index contributed by atoms with van der Waals surface area (Å²) in [5, 5.41) is 0. The van der Waals surface area contributed by atoms with Gasteiger partial charge in [-0.05, 0) is 7.05 Å². The Morgan fingerprint density at radius 3 is 2.31 bits per heavy atom. The van der Waals surface area contributed by atoms with Crippen molar-refractivity contribution in [2.24, 2.45) is 0 Å². The van der Waals surface area contributed by atoms with Crippen LogP contribution in [0, 0.1) is 0 Å². The van der Waals surface area contributed by atoms with Crippen LogP contribution in [0.4, 0.5) is 0 Å². The van der Waals surface area contributed by atoms with Gasteiger partial charge in [-0.15, -0.1) is 0 Å². The molecule has 0 saturated carbocycles. The molecule has 0 aliphatic heterocycles. The molecule has 5 nitrogen and oxygen atoms in total. The Kier molecular flexibility index (Phi) is 5.70. The summed E-state index contributed by atoms with van der Waals surface area (Å²) in [7, 11) is -3.02. The smallest absolute Gasteiger partial charge is 0.266 e. The van der Waals surface area contributed by atoms with Crippen LogP contribution in [0.3, 0.4) is 0 Å². The maximum Gasteiger partial charge on any atom is 0.266 e. The zero-order chi connectivity index (χ0) is 10.5. The van der Waals surface area contributed by atoms with E-state index in [2.05, 4.69) is 0 Å². The molecule has 0 aromatic rings. The van der Waals surface area contributed by atoms with E-state index in [4.69, 9.17) is 4.55 Å². The molecule has 0 fully saturated rings. The van der Waals surface area contributed by atoms with Gasteiger partial charge in [-0.2, -0.15) is 8.42 Å². The highest BCUT2D eigenvalue weighted by Gasteiger charge is 2.07. The van der Waals surface area contributed by atoms with Crippen LogP contribution < -0.4 is 0 Å². The van der Waals surface area contributed by atoms with Crippen molar-refractivity contribution < 1.29 is 17.2 Å². The van der Waals surface area contributed by atoms with Gasteiger partial charge in [0.1, 0.15) is 0 Å². The van der Waals surface area contributed by atoms with Crippen LogP contribution in [0.2, 0.25) is 0 Å². The fraction of sp³-hybridized carbons (Fsp3) is 1.00. The molecule has 0 bridgehead atoms. The van der Waals surface area contributed by atoms with Gasteiger partial charge in [0.25, 0.3) is 10.1 Å². The Balaban J connectivity index is 3.64. The van der Waals surface area contributed by atoms with E-state index in [1.165, 1.54) is 0 Å². The molecule has 7 heteroatoms. The van der Waals surface area contributed by atoms with E-state index in [1.54, 1.807) is 18.2 Å². The molecule has 1 atom stereocenters. The maximum absolute atomic E-state index is 10.7. The van der Waals surface area contributed by atoms with E-state index in [-0.39, 0.29) is 12.3 Å². The fourth-order valence-corrected chi connectivity index (χ4v) is 1.78. The van der Waals surface area contributed by atoms with Gasteiger partial charge in [-0.25, -0.2) is 0 Å². The van der Waals surface area contributed by atoms with Gasteiger partial charge >= 0.3 is 0 Å². The highest BCUT2D eigenvalue weighted by Crippen LogP contribution is 1.88. The summed E-state index contributed by atoms with van der Waals surface area (Å²) in [6, 6.07) is 0. The Morgan fingerprint density at radius 2 is 1.92 bits per heavy atom. The van der Waals surface area contributed by atoms with Crippen LogP contribution in [-0.4, -0.2) is 60.0 Å². The Morgan fingerprint density at radius 1 is 1.38 bits per heavy atom. The molecule has 13 heavy (non-hydrogen) atoms. The minimum Gasteiger partial charge on any atom is -0.304 e. The molecular formula is C6H15NO4S2. The first-order valence-electron chi connectivity index (χ1n) is 3.75. The topological polar surface area (TPSA) is 74.7 Å². The van der Waals surface area contributed by atoms with E-state index in [0.29, 0.717) is 12.3 Å². The third kappa shape index (κ3) is 9.94. The quantitative estimate of drug-likeness (QED) is 0.603. The summed E-state index contributed by atoms with van der Waals surface area (Å²) in [4.78, 5) is 1.72. The second-order valence-electron chi connectivity index (χ2n) is 2.87. The molecule has 0 amide bonds. The second kappa shape index (κ2) is 5.69. The zero-order valence-corrected chi connectivity index (χ0v) is 9.40. The lowest BCUT2D eigenvalue weighted by molar-refractivity contribution is 0.369. The van der Waals surface area contributed by atoms with Crippen molar-refractivity contribution in [2.75, 3.05) is 37.9 Å². The average molecular weight is 229 g/mol. The van der Waals surface area contributed by atoms with Crippen molar-refractivity contribution in [3.63, 3.8) is 0 Å². The van der Waals surface area contributed by atoms with E-state index >= 15 is 0 Å². The van der Waals surface area contributed by atoms with Gasteiger partial charge < -0.3 is 4.90 Å². The number of hydrogen-bond donors (Lipinski definition) is 1. The van der Waals surface area contributed by atoms with E-state index in [0.717, 1.165) is 0 Å². The minimum atomic E-state index is -3.88. The first-order chi connectivity index (χ1) is 5.81. The first-order valence-corrected chi connectivity index (χ1v) is 7.08. The van der Waals surface area contributed by atoms with Crippen LogP contribution in [0.1, 0.15) is 0 Å². The number of nitrogens with zero attached hydrogens (tertiary/aromatic N) is 1. The molecule has 0 saturated heterocycles. The van der Waals surface area contributed by atoms with Gasteiger partial charge in [0, 0.05) is 35.9 Å². The summed E-state index contributed by atoms with van der Waals surface area (Å²) in [5.41, 5.74) is 0. The van der Waals surface area contributed by atoms with Gasteiger partial charge in [0.15, 0.2) is 0 Å². The Hall–Kier alpha value is 0.0200. The molecule has 0 aromatic carbocycles. The highest BCUT2D eigenvalue weighted by atomic mass is 32.2. The molecular weight excluding hydrogens is 214 g/mol. The Labute approximate surface area is 81.3 Å². The van der Waals surface area contributed by atoms with Gasteiger partial charge in [0.2, 0.25) is 0 Å². The molecule has 0 aromatic heterocycles. The second-order valence-corrected chi connectivity index (χ2v) is 5.99. The fourth-order valence-electron chi connectivity index (χ4n) is 0.667. The monoisotopic (exact) mass is 229 g/mol. The average Bonchev–Trinajstić information content (AvgIpc) is 1.95. The third-order valence-electron chi connectivity index (χ3n) is 1.49. The summed E-state index contributed by atoms with van der Waals surface area (Å²) in [6.07, 6.45) is 1.59. The molecule has 1 unspecified atom stereocenters. The SMILES string of the molecule is CN(CCS(C)=O)CCS(=O)(=O)O. The molecule has 0 rings (SSSR count). The predicted molar refractivity (Wildman–Crippen MR) is 52.8 cm³/mol. The summed E-state index contributed by atoms with van der Waals surface area (Å²) < 4.78 is 39.8. The predicted octanol–water partition coefficient (Wildman–Crippen LogP) is -0.815. The zero-order valence-electron chi connectivity index (χ0n) is 7.76. The molecule has 0 radical (unpaired) electrons. The number of hydrogen-bond acceptors (Lipinski definition) is 4. The van der Waals surface area contributed by atoms with Gasteiger partial charge in [-0.3, -0.25) is 8.76 Å². The van der Waals surface area contributed by atoms with Crippen LogP contribution in [-0.2, 0) is 20.9 Å². The van der Waals surface area contributed by atoms with Crippen LogP contribution >= 0.6 is 0 Å². The maximum atomic E-state index is 10.7. The van der Waals surface area contributed by atoms with Crippen molar-refractivity contribution in [3.8, 4) is 0 Å². The molecule has 1 N–H and O–H groups in total. The lowest BCUT2D eigenvalue weighted by Crippen LogP contribution is -2.28. The molecule has 0 aliphatic carbocycles. The standard InChI is InChI=1S/C6H15NO4S2/c1-7(3-5-12(2)8)4-6-13(9,10)11/h3-6H2,1-2H3,(H,9,10,11). The van der Waals surface area contributed by atoms with Crippen LogP contribution in [0.5, 0.6) is 0 Å². The lowest BCUT2D eigenvalue weighted by Gasteiger charge is -2.13. The van der Waals surface area contributed by atoms with Crippen LogP contribution in [0.25, 0.3) is 0 Å². The lowest BCUT2D eigenvalue weighted by atomic mass is 10.6. The van der Waals surface area contributed by atoms with Gasteiger partial charge in [0.05, 0.1) is 5.75 Å². The molecule has 0 spiro atoms. The van der Waals surface area contributed by atoms with E-state index in [9.17, 15) is 12.6 Å². The number of rotatable bonds is 6. The first kappa shape index (κ1) is 13.0. The van der Waals surface area contributed by atoms with Crippen LogP contribution in [0.15, 0.2) is 0 Å². The molecule has 0 aliphatic rings. The third-order valence-corrected chi connectivity index (χ3v) is 2.95. The molecule has 0 heterocycles. The highest BCUT2D eigenvalue weighted by molar-refractivity contribution is 7.85. The van der Waals surface area contributed by atoms with Crippen molar-refractivity contribution in [3.05, 3.63) is 0 Å². The normalized spacial score (nSPS) is 14.8. The molecule has 80 valence electrons. The summed E-state index contributed by atoms with van der Waals surface area (Å²) >= 11 is 0.